The molecule has 4 amide bonds. The van der Waals surface area contributed by atoms with E-state index in [1.165, 1.54) is 22.7 Å². The minimum Gasteiger partial charge on any atom is -0.494 e. The van der Waals surface area contributed by atoms with Crippen LogP contribution in [0, 0.1) is 17.8 Å². The highest BCUT2D eigenvalue weighted by Gasteiger charge is 2.62. The molecule has 16 nitrogen and oxygen atoms in total. The van der Waals surface area contributed by atoms with Crippen molar-refractivity contribution in [1.29, 1.82) is 0 Å². The van der Waals surface area contributed by atoms with E-state index in [4.69, 9.17) is 19.2 Å². The Morgan fingerprint density at radius 3 is 2.45 bits per heavy atom. The van der Waals surface area contributed by atoms with Gasteiger partial charge in [-0.15, -0.1) is 6.58 Å². The first-order valence-corrected chi connectivity index (χ1v) is 22.5. The van der Waals surface area contributed by atoms with E-state index in [0.717, 1.165) is 51.4 Å². The molecule has 8 rings (SSSR count). The van der Waals surface area contributed by atoms with Crippen molar-refractivity contribution >= 4 is 44.7 Å². The lowest BCUT2D eigenvalue weighted by atomic mass is 9.96. The van der Waals surface area contributed by atoms with Crippen LogP contribution in [-0.2, 0) is 35.7 Å². The summed E-state index contributed by atoms with van der Waals surface area (Å²) in [4.78, 5) is 77.0. The third kappa shape index (κ3) is 7.90. The number of sulfonamides is 1. The van der Waals surface area contributed by atoms with Crippen LogP contribution in [0.15, 0.2) is 35.6 Å². The molecule has 6 aliphatic rings. The summed E-state index contributed by atoms with van der Waals surface area (Å²) in [5.41, 5.74) is -1.57. The molecule has 4 saturated carbocycles. The number of carbonyl (C=O) groups is 4. The lowest BCUT2D eigenvalue weighted by Crippen LogP contribution is -2.59. The Hall–Kier alpha value is -4.67. The molecular weight excluding hydrogens is 769 g/mol. The van der Waals surface area contributed by atoms with Gasteiger partial charge in [-0.05, 0) is 88.2 Å². The molecule has 2 aliphatic heterocycles. The van der Waals surface area contributed by atoms with Crippen LogP contribution in [0.1, 0.15) is 96.3 Å². The summed E-state index contributed by atoms with van der Waals surface area (Å²) in [6.07, 6.45) is 9.67. The molecule has 7 atom stereocenters. The number of fused-ring (bicyclic) bond motifs is 5. The molecule has 4 aliphatic carbocycles. The van der Waals surface area contributed by atoms with Gasteiger partial charge in [-0.3, -0.25) is 28.5 Å². The van der Waals surface area contributed by atoms with Crippen LogP contribution in [0.5, 0.6) is 11.8 Å². The monoisotopic (exact) mass is 822 g/mol. The summed E-state index contributed by atoms with van der Waals surface area (Å²) < 4.78 is 47.4. The van der Waals surface area contributed by atoms with Crippen LogP contribution in [0.3, 0.4) is 0 Å². The van der Waals surface area contributed by atoms with E-state index in [-0.39, 0.29) is 48.9 Å². The second-order valence-corrected chi connectivity index (χ2v) is 19.0. The molecule has 2 bridgehead atoms. The molecule has 58 heavy (non-hydrogen) atoms. The number of amides is 4. The number of rotatable bonds is 8. The predicted octanol–water partition coefficient (Wildman–Crippen LogP) is 3.45. The summed E-state index contributed by atoms with van der Waals surface area (Å²) in [6, 6.07) is 2.97. The van der Waals surface area contributed by atoms with Crippen molar-refractivity contribution in [1.82, 2.24) is 29.8 Å². The summed E-state index contributed by atoms with van der Waals surface area (Å²) in [6.45, 7) is 4.02. The molecule has 3 N–H and O–H groups in total. The minimum atomic E-state index is -3.92. The Labute approximate surface area is 337 Å². The van der Waals surface area contributed by atoms with E-state index in [2.05, 4.69) is 21.9 Å². The van der Waals surface area contributed by atoms with Gasteiger partial charge in [-0.25, -0.2) is 13.2 Å². The number of carbonyl (C=O) groups excluding carboxylic acids is 4. The van der Waals surface area contributed by atoms with Crippen molar-refractivity contribution in [3.63, 3.8) is 0 Å². The maximum atomic E-state index is 14.9. The Balaban J connectivity index is 1.15. The normalized spacial score (nSPS) is 30.8. The molecular formula is C41H54N6O10S. The third-order valence-corrected chi connectivity index (χ3v) is 15.0. The second kappa shape index (κ2) is 16.2. The maximum Gasteiger partial charge on any atom is 0.408 e. The fraction of sp³-hybridized carbons (Fsp3) is 0.659. The van der Waals surface area contributed by atoms with Crippen molar-refractivity contribution in [2.75, 3.05) is 13.7 Å². The first-order valence-electron chi connectivity index (χ1n) is 20.9. The number of benzene rings is 1. The zero-order valence-electron chi connectivity index (χ0n) is 33.0. The Kier molecular flexibility index (Phi) is 11.2. The van der Waals surface area contributed by atoms with Crippen molar-refractivity contribution in [3.05, 3.63) is 41.2 Å². The van der Waals surface area contributed by atoms with Gasteiger partial charge in [-0.2, -0.15) is 4.98 Å². The van der Waals surface area contributed by atoms with Crippen molar-refractivity contribution in [2.24, 2.45) is 17.8 Å². The van der Waals surface area contributed by atoms with Gasteiger partial charge in [0, 0.05) is 18.9 Å². The van der Waals surface area contributed by atoms with Crippen molar-refractivity contribution in [2.45, 2.75) is 138 Å². The maximum absolute atomic E-state index is 14.9. The molecule has 1 saturated heterocycles. The molecule has 17 heteroatoms. The second-order valence-electron chi connectivity index (χ2n) is 17.0. The van der Waals surface area contributed by atoms with E-state index in [1.807, 2.05) is 0 Å². The van der Waals surface area contributed by atoms with Crippen LogP contribution in [0.25, 0.3) is 10.9 Å². The quantitative estimate of drug-likeness (QED) is 0.329. The topological polar surface area (TPSA) is 204 Å². The number of alkyl carbamates (subject to hydrolysis) is 1. The number of hydrogen-bond donors (Lipinski definition) is 3. The van der Waals surface area contributed by atoms with Crippen LogP contribution in [0.2, 0.25) is 0 Å². The van der Waals surface area contributed by atoms with Crippen LogP contribution < -0.4 is 30.4 Å². The molecule has 1 aromatic carbocycles. The molecule has 5 fully saturated rings. The fourth-order valence-electron chi connectivity index (χ4n) is 9.68. The smallest absolute Gasteiger partial charge is 0.408 e. The number of ether oxygens (including phenoxy) is 3. The molecule has 0 unspecified atom stereocenters. The van der Waals surface area contributed by atoms with Crippen molar-refractivity contribution < 1.29 is 41.8 Å². The molecule has 314 valence electrons. The zero-order valence-corrected chi connectivity index (χ0v) is 33.8. The SMILES string of the molecule is C=C[C@@H]1C[C@]1(NC(=O)[C@@H]1C[C@@H]2CN1C(=O)[C@H](C1CCCC1)NC(=O)O[C@@H]1CCC[C@H]1CCCCCn1c(nc3c(OC)cccc3c1=O)O2)C(=O)NS(=O)(=O)C1CC1. The number of methoxy groups -OCH3 is 1. The Bertz CT molecular complexity index is 2130. The number of nitrogens with zero attached hydrogens (tertiary/aromatic N) is 3. The lowest BCUT2D eigenvalue weighted by molar-refractivity contribution is -0.142. The lowest BCUT2D eigenvalue weighted by Gasteiger charge is -2.32. The summed E-state index contributed by atoms with van der Waals surface area (Å²) in [5, 5.41) is 5.45. The molecule has 1 aromatic heterocycles. The van der Waals surface area contributed by atoms with Gasteiger partial charge in [0.25, 0.3) is 17.5 Å². The van der Waals surface area contributed by atoms with E-state index >= 15 is 0 Å². The van der Waals surface area contributed by atoms with E-state index in [1.54, 1.807) is 18.2 Å². The number of hydrogen-bond acceptors (Lipinski definition) is 11. The molecule has 0 radical (unpaired) electrons. The average molecular weight is 823 g/mol. The highest BCUT2D eigenvalue weighted by molar-refractivity contribution is 7.91. The van der Waals surface area contributed by atoms with Gasteiger partial charge >= 0.3 is 6.09 Å². The van der Waals surface area contributed by atoms with E-state index < -0.39 is 68.7 Å². The standard InChI is InChI=1S/C41H54N6O10S/c1-3-26-22-41(26,38(51)45-58(53,54)28-18-19-28)44-35(48)30-21-27-23-47(30)37(50)33(25-12-6-7-13-25)43-40(52)57-31-16-9-14-24(31)11-5-4-8-20-46-36(49)29-15-10-17-32(55-2)34(29)42-39(46)56-27/h3,10,15,17,24-28,30-31,33H,1,4-9,11-14,16,18-23H2,2H3,(H,43,52)(H,44,48)(H,45,51)/t24-,26-,27-,30+,31-,33+,41-/m1/s1. The number of para-hydroxylation sites is 1. The van der Waals surface area contributed by atoms with Crippen molar-refractivity contribution in [3.8, 4) is 11.8 Å². The van der Waals surface area contributed by atoms with Gasteiger partial charge in [0.15, 0.2) is 0 Å². The van der Waals surface area contributed by atoms with Gasteiger partial charge in [0.2, 0.25) is 21.8 Å². The predicted molar refractivity (Wildman–Crippen MR) is 211 cm³/mol. The highest BCUT2D eigenvalue weighted by Crippen LogP contribution is 2.46. The van der Waals surface area contributed by atoms with Crippen LogP contribution in [-0.4, -0.2) is 95.4 Å². The molecule has 3 heterocycles. The third-order valence-electron chi connectivity index (χ3n) is 13.2. The highest BCUT2D eigenvalue weighted by atomic mass is 32.2. The van der Waals surface area contributed by atoms with Crippen LogP contribution >= 0.6 is 0 Å². The van der Waals surface area contributed by atoms with Gasteiger partial charge in [0.05, 0.1) is 24.3 Å². The summed E-state index contributed by atoms with van der Waals surface area (Å²) in [7, 11) is -2.43. The van der Waals surface area contributed by atoms with Gasteiger partial charge in [-0.1, -0.05) is 37.8 Å². The Morgan fingerprint density at radius 1 is 0.983 bits per heavy atom. The van der Waals surface area contributed by atoms with Crippen LogP contribution in [0.4, 0.5) is 4.79 Å². The first kappa shape index (κ1) is 40.1. The summed E-state index contributed by atoms with van der Waals surface area (Å²) in [5.74, 6) is -2.20. The Morgan fingerprint density at radius 2 is 1.72 bits per heavy atom. The van der Waals surface area contributed by atoms with Gasteiger partial charge < -0.3 is 29.7 Å². The zero-order chi connectivity index (χ0) is 40.8. The minimum absolute atomic E-state index is 0.0292. The van der Waals surface area contributed by atoms with E-state index in [9.17, 15) is 32.4 Å². The largest absolute Gasteiger partial charge is 0.494 e. The van der Waals surface area contributed by atoms with Gasteiger partial charge in [0.1, 0.15) is 41.1 Å². The number of aromatic nitrogens is 2. The molecule has 2 aromatic rings. The molecule has 0 spiro atoms. The van der Waals surface area contributed by atoms with E-state index in [0.29, 0.717) is 55.3 Å². The average Bonchev–Trinajstić information content (AvgIpc) is 3.99. The number of nitrogens with one attached hydrogen (secondary N) is 3. The fourth-order valence-corrected chi connectivity index (χ4v) is 11.0. The first-order chi connectivity index (χ1) is 27.9. The summed E-state index contributed by atoms with van der Waals surface area (Å²) >= 11 is 0.